The Bertz CT molecular complexity index is 515. The van der Waals surface area contributed by atoms with Crippen molar-refractivity contribution >= 4 is 29.3 Å². The number of amides is 2. The van der Waals surface area contributed by atoms with Gasteiger partial charge in [-0.2, -0.15) is 0 Å². The van der Waals surface area contributed by atoms with Gasteiger partial charge in [-0.25, -0.2) is 0 Å². The number of rotatable bonds is 4. The smallest absolute Gasteiger partial charge is 0.251 e. The molecule has 1 aromatic carbocycles. The lowest BCUT2D eigenvalue weighted by molar-refractivity contribution is -0.115. The summed E-state index contributed by atoms with van der Waals surface area (Å²) in [4.78, 5) is 24.6. The molecule has 0 saturated heterocycles. The molecule has 0 unspecified atom stereocenters. The van der Waals surface area contributed by atoms with Crippen LogP contribution in [0.1, 0.15) is 37.0 Å². The second-order valence-corrected chi connectivity index (χ2v) is 6.43. The van der Waals surface area contributed by atoms with Gasteiger partial charge in [0.15, 0.2) is 0 Å². The minimum Gasteiger partial charge on any atom is -0.352 e. The van der Waals surface area contributed by atoms with E-state index in [4.69, 9.17) is 0 Å². The van der Waals surface area contributed by atoms with Crippen LogP contribution in [0.15, 0.2) is 23.1 Å². The lowest BCUT2D eigenvalue weighted by Gasteiger charge is -2.10. The monoisotopic (exact) mass is 292 g/mol. The van der Waals surface area contributed by atoms with E-state index in [0.29, 0.717) is 24.4 Å². The van der Waals surface area contributed by atoms with E-state index in [0.717, 1.165) is 22.8 Å². The number of hydrogen-bond donors (Lipinski definition) is 2. The summed E-state index contributed by atoms with van der Waals surface area (Å²) in [5.74, 6) is 1.27. The van der Waals surface area contributed by atoms with Crippen LogP contribution in [-0.2, 0) is 4.79 Å². The fourth-order valence-electron chi connectivity index (χ4n) is 1.94. The Morgan fingerprint density at radius 2 is 2.25 bits per heavy atom. The van der Waals surface area contributed by atoms with Gasteiger partial charge < -0.3 is 10.6 Å². The first-order valence-corrected chi connectivity index (χ1v) is 7.89. The molecule has 2 rings (SSSR count). The highest BCUT2D eigenvalue weighted by molar-refractivity contribution is 7.99. The molecule has 2 amide bonds. The Labute approximate surface area is 123 Å². The maximum Gasteiger partial charge on any atom is 0.251 e. The molecule has 1 aromatic rings. The number of nitrogens with one attached hydrogen (secondary N) is 2. The van der Waals surface area contributed by atoms with E-state index < -0.39 is 0 Å². The highest BCUT2D eigenvalue weighted by atomic mass is 32.2. The molecule has 1 aliphatic rings. The first-order chi connectivity index (χ1) is 9.56. The standard InChI is InChI=1S/C15H20N2O2S/c1-10(2)5-7-16-15(19)11-3-4-13-12(9-11)17-14(18)6-8-20-13/h3-4,9-10H,5-8H2,1-2H3,(H,16,19)(H,17,18). The van der Waals surface area contributed by atoms with E-state index in [1.54, 1.807) is 17.8 Å². The van der Waals surface area contributed by atoms with Gasteiger partial charge in [0.25, 0.3) is 5.91 Å². The average molecular weight is 292 g/mol. The lowest BCUT2D eigenvalue weighted by atomic mass is 10.1. The summed E-state index contributed by atoms with van der Waals surface area (Å²) < 4.78 is 0. The first kappa shape index (κ1) is 14.9. The third-order valence-electron chi connectivity index (χ3n) is 3.11. The van der Waals surface area contributed by atoms with Crippen molar-refractivity contribution < 1.29 is 9.59 Å². The van der Waals surface area contributed by atoms with Gasteiger partial charge >= 0.3 is 0 Å². The fourth-order valence-corrected chi connectivity index (χ4v) is 2.87. The van der Waals surface area contributed by atoms with Crippen LogP contribution in [0.5, 0.6) is 0 Å². The fraction of sp³-hybridized carbons (Fsp3) is 0.467. The van der Waals surface area contributed by atoms with Gasteiger partial charge in [0.1, 0.15) is 0 Å². The molecule has 5 heteroatoms. The summed E-state index contributed by atoms with van der Waals surface area (Å²) in [5, 5.41) is 5.76. The SMILES string of the molecule is CC(C)CCNC(=O)c1ccc2c(c1)NC(=O)CCS2. The first-order valence-electron chi connectivity index (χ1n) is 6.91. The molecule has 2 N–H and O–H groups in total. The van der Waals surface area contributed by atoms with E-state index >= 15 is 0 Å². The molecular formula is C15H20N2O2S. The van der Waals surface area contributed by atoms with Crippen molar-refractivity contribution in [2.24, 2.45) is 5.92 Å². The summed E-state index contributed by atoms with van der Waals surface area (Å²) in [7, 11) is 0. The van der Waals surface area contributed by atoms with Crippen molar-refractivity contribution in [2.45, 2.75) is 31.6 Å². The van der Waals surface area contributed by atoms with Crippen LogP contribution in [0.3, 0.4) is 0 Å². The van der Waals surface area contributed by atoms with Crippen molar-refractivity contribution in [3.63, 3.8) is 0 Å². The Morgan fingerprint density at radius 1 is 1.45 bits per heavy atom. The van der Waals surface area contributed by atoms with E-state index in [2.05, 4.69) is 24.5 Å². The maximum absolute atomic E-state index is 12.0. The molecule has 1 heterocycles. The van der Waals surface area contributed by atoms with Gasteiger partial charge in [0, 0.05) is 29.2 Å². The molecule has 0 atom stereocenters. The molecule has 0 radical (unpaired) electrons. The third kappa shape index (κ3) is 4.00. The second kappa shape index (κ2) is 6.79. The molecule has 1 aliphatic heterocycles. The summed E-state index contributed by atoms with van der Waals surface area (Å²) in [6.45, 7) is 4.93. The number of carbonyl (C=O) groups excluding carboxylic acids is 2. The number of fused-ring (bicyclic) bond motifs is 1. The van der Waals surface area contributed by atoms with Crippen LogP contribution in [0.2, 0.25) is 0 Å². The summed E-state index contributed by atoms with van der Waals surface area (Å²) in [5.41, 5.74) is 1.34. The van der Waals surface area contributed by atoms with Crippen LogP contribution in [0, 0.1) is 5.92 Å². The summed E-state index contributed by atoms with van der Waals surface area (Å²) >= 11 is 1.64. The molecule has 108 valence electrons. The number of benzene rings is 1. The van der Waals surface area contributed by atoms with Crippen molar-refractivity contribution in [1.29, 1.82) is 0 Å². The number of thioether (sulfide) groups is 1. The highest BCUT2D eigenvalue weighted by Gasteiger charge is 2.15. The van der Waals surface area contributed by atoms with E-state index in [9.17, 15) is 9.59 Å². The molecule has 20 heavy (non-hydrogen) atoms. The normalized spacial score (nSPS) is 14.4. The van der Waals surface area contributed by atoms with Crippen molar-refractivity contribution in [3.8, 4) is 0 Å². The molecule has 0 fully saturated rings. The number of anilines is 1. The minimum atomic E-state index is -0.0862. The average Bonchev–Trinajstić information content (AvgIpc) is 2.57. The Hall–Kier alpha value is -1.49. The molecule has 0 bridgehead atoms. The molecule has 0 aliphatic carbocycles. The second-order valence-electron chi connectivity index (χ2n) is 5.30. The third-order valence-corrected chi connectivity index (χ3v) is 4.19. The van der Waals surface area contributed by atoms with E-state index in [1.807, 2.05) is 12.1 Å². The predicted molar refractivity (Wildman–Crippen MR) is 82.2 cm³/mol. The Kier molecular flexibility index (Phi) is 5.06. The highest BCUT2D eigenvalue weighted by Crippen LogP contribution is 2.31. The zero-order valence-electron chi connectivity index (χ0n) is 11.9. The number of carbonyl (C=O) groups is 2. The molecular weight excluding hydrogens is 272 g/mol. The van der Waals surface area contributed by atoms with Crippen LogP contribution < -0.4 is 10.6 Å². The molecule has 0 spiro atoms. The predicted octanol–water partition coefficient (Wildman–Crippen LogP) is 2.90. The topological polar surface area (TPSA) is 58.2 Å². The molecule has 0 saturated carbocycles. The van der Waals surface area contributed by atoms with Gasteiger partial charge in [-0.3, -0.25) is 9.59 Å². The van der Waals surface area contributed by atoms with E-state index in [-0.39, 0.29) is 11.8 Å². The Balaban J connectivity index is 2.06. The van der Waals surface area contributed by atoms with Gasteiger partial charge in [-0.1, -0.05) is 13.8 Å². The van der Waals surface area contributed by atoms with Gasteiger partial charge in [-0.15, -0.1) is 11.8 Å². The van der Waals surface area contributed by atoms with Crippen LogP contribution >= 0.6 is 11.8 Å². The quantitative estimate of drug-likeness (QED) is 0.897. The minimum absolute atomic E-state index is 0.00798. The van der Waals surface area contributed by atoms with Crippen molar-refractivity contribution in [1.82, 2.24) is 5.32 Å². The zero-order valence-corrected chi connectivity index (χ0v) is 12.7. The van der Waals surface area contributed by atoms with Gasteiger partial charge in [-0.05, 0) is 30.5 Å². The van der Waals surface area contributed by atoms with Gasteiger partial charge in [0.05, 0.1) is 5.69 Å². The van der Waals surface area contributed by atoms with Crippen molar-refractivity contribution in [2.75, 3.05) is 17.6 Å². The van der Waals surface area contributed by atoms with Crippen LogP contribution in [-0.4, -0.2) is 24.1 Å². The maximum atomic E-state index is 12.0. The largest absolute Gasteiger partial charge is 0.352 e. The van der Waals surface area contributed by atoms with Crippen LogP contribution in [0.4, 0.5) is 5.69 Å². The molecule has 4 nitrogen and oxygen atoms in total. The van der Waals surface area contributed by atoms with Crippen LogP contribution in [0.25, 0.3) is 0 Å². The Morgan fingerprint density at radius 3 is 3.00 bits per heavy atom. The lowest BCUT2D eigenvalue weighted by Crippen LogP contribution is -2.25. The van der Waals surface area contributed by atoms with Gasteiger partial charge in [0.2, 0.25) is 5.91 Å². The molecule has 0 aromatic heterocycles. The van der Waals surface area contributed by atoms with E-state index in [1.165, 1.54) is 0 Å². The summed E-state index contributed by atoms with van der Waals surface area (Å²) in [6, 6.07) is 5.48. The summed E-state index contributed by atoms with van der Waals surface area (Å²) in [6.07, 6.45) is 1.47. The zero-order chi connectivity index (χ0) is 14.5. The number of hydrogen-bond acceptors (Lipinski definition) is 3. The van der Waals surface area contributed by atoms with Crippen molar-refractivity contribution in [3.05, 3.63) is 23.8 Å².